The Balaban J connectivity index is 2.00. The number of hydrogen-bond acceptors (Lipinski definition) is 4. The minimum atomic E-state index is -0.893. The second-order valence-electron chi connectivity index (χ2n) is 5.92. The molecule has 1 fully saturated rings. The molecule has 23 heavy (non-hydrogen) atoms. The van der Waals surface area contributed by atoms with Gasteiger partial charge in [-0.2, -0.15) is 0 Å². The van der Waals surface area contributed by atoms with E-state index in [1.165, 1.54) is 6.07 Å². The number of morpholine rings is 1. The molecule has 0 bridgehead atoms. The maximum atomic E-state index is 13.9. The molecular weight excluding hydrogens is 306 g/mol. The van der Waals surface area contributed by atoms with Crippen LogP contribution in [0.1, 0.15) is 18.5 Å². The summed E-state index contributed by atoms with van der Waals surface area (Å²) < 4.78 is 33.0. The fourth-order valence-electron chi connectivity index (χ4n) is 2.88. The molecule has 0 amide bonds. The fourth-order valence-corrected chi connectivity index (χ4v) is 2.88. The highest BCUT2D eigenvalue weighted by atomic mass is 19.1. The van der Waals surface area contributed by atoms with Crippen molar-refractivity contribution in [2.24, 2.45) is 0 Å². The molecule has 128 valence electrons. The zero-order valence-corrected chi connectivity index (χ0v) is 13.3. The van der Waals surface area contributed by atoms with Gasteiger partial charge in [0.2, 0.25) is 0 Å². The maximum Gasteiger partial charge on any atom is 0.317 e. The molecule has 0 saturated carbocycles. The topological polar surface area (TPSA) is 53.0 Å². The zero-order chi connectivity index (χ0) is 17.0. The smallest absolute Gasteiger partial charge is 0.317 e. The van der Waals surface area contributed by atoms with Gasteiger partial charge in [-0.25, -0.2) is 8.78 Å². The lowest BCUT2D eigenvalue weighted by atomic mass is 10.0. The second-order valence-corrected chi connectivity index (χ2v) is 5.92. The van der Waals surface area contributed by atoms with E-state index < -0.39 is 17.6 Å². The Hall–Kier alpha value is -1.57. The number of nitrogens with zero attached hydrogens (tertiary/aromatic N) is 2. The molecule has 1 N–H and O–H groups in total. The van der Waals surface area contributed by atoms with Crippen LogP contribution < -0.4 is 0 Å². The predicted molar refractivity (Wildman–Crippen MR) is 81.2 cm³/mol. The highest BCUT2D eigenvalue weighted by Crippen LogP contribution is 2.25. The number of carboxylic acids is 1. The van der Waals surface area contributed by atoms with Gasteiger partial charge in [-0.1, -0.05) is 0 Å². The van der Waals surface area contributed by atoms with E-state index in [9.17, 15) is 13.6 Å². The zero-order valence-electron chi connectivity index (χ0n) is 13.3. The van der Waals surface area contributed by atoms with E-state index >= 15 is 0 Å². The summed E-state index contributed by atoms with van der Waals surface area (Å²) in [6, 6.07) is 3.19. The molecule has 5 nitrogen and oxygen atoms in total. The standard InChI is InChI=1S/C16H22F2N2O3/c1-11(14-7-12(17)3-4-15(14)18)20-5-6-23-13(9-20)8-19(2)10-16(21)22/h3-4,7,11,13H,5-6,8-10H2,1-2H3,(H,21,22). The average molecular weight is 328 g/mol. The van der Waals surface area contributed by atoms with Crippen LogP contribution in [-0.4, -0.2) is 66.8 Å². The molecule has 1 heterocycles. The molecule has 2 rings (SSSR count). The Bertz CT molecular complexity index is 556. The molecule has 2 atom stereocenters. The van der Waals surface area contributed by atoms with Crippen molar-refractivity contribution in [1.82, 2.24) is 9.80 Å². The second kappa shape index (κ2) is 7.81. The van der Waals surface area contributed by atoms with Crippen molar-refractivity contribution in [1.29, 1.82) is 0 Å². The molecular formula is C16H22F2N2O3. The van der Waals surface area contributed by atoms with Crippen molar-refractivity contribution < 1.29 is 23.4 Å². The molecule has 7 heteroatoms. The van der Waals surface area contributed by atoms with Gasteiger partial charge < -0.3 is 9.84 Å². The van der Waals surface area contributed by atoms with Gasteiger partial charge in [0.1, 0.15) is 11.6 Å². The van der Waals surface area contributed by atoms with Crippen molar-refractivity contribution in [2.75, 3.05) is 39.8 Å². The number of carbonyl (C=O) groups is 1. The first kappa shape index (κ1) is 17.8. The lowest BCUT2D eigenvalue weighted by molar-refractivity contribution is -0.138. The number of halogens is 2. The first-order valence-corrected chi connectivity index (χ1v) is 7.57. The van der Waals surface area contributed by atoms with Crippen LogP contribution in [0.2, 0.25) is 0 Å². The lowest BCUT2D eigenvalue weighted by Crippen LogP contribution is -2.48. The van der Waals surface area contributed by atoms with E-state index in [-0.39, 0.29) is 18.7 Å². The Morgan fingerprint density at radius 1 is 1.52 bits per heavy atom. The Kier molecular flexibility index (Phi) is 6.04. The van der Waals surface area contributed by atoms with Crippen LogP contribution in [0.4, 0.5) is 8.78 Å². The third-order valence-corrected chi connectivity index (χ3v) is 4.05. The van der Waals surface area contributed by atoms with E-state index in [1.54, 1.807) is 11.9 Å². The van der Waals surface area contributed by atoms with E-state index in [0.29, 0.717) is 31.8 Å². The van der Waals surface area contributed by atoms with Crippen LogP contribution in [-0.2, 0) is 9.53 Å². The Labute approximate surface area is 134 Å². The van der Waals surface area contributed by atoms with Gasteiger partial charge >= 0.3 is 5.97 Å². The number of rotatable bonds is 6. The van der Waals surface area contributed by atoms with Gasteiger partial charge in [0.15, 0.2) is 0 Å². The van der Waals surface area contributed by atoms with Gasteiger partial charge in [0.05, 0.1) is 19.3 Å². The molecule has 1 aromatic carbocycles. The maximum absolute atomic E-state index is 13.9. The van der Waals surface area contributed by atoms with E-state index in [2.05, 4.69) is 0 Å². The molecule has 1 aromatic rings. The molecule has 2 unspecified atom stereocenters. The summed E-state index contributed by atoms with van der Waals surface area (Å²) in [5.41, 5.74) is 0.324. The molecule has 0 radical (unpaired) electrons. The van der Waals surface area contributed by atoms with Crippen molar-refractivity contribution in [3.63, 3.8) is 0 Å². The molecule has 1 aliphatic heterocycles. The minimum absolute atomic E-state index is 0.0616. The van der Waals surface area contributed by atoms with Gasteiger partial charge in [0, 0.05) is 31.2 Å². The van der Waals surface area contributed by atoms with E-state index in [1.807, 2.05) is 11.8 Å². The van der Waals surface area contributed by atoms with E-state index in [0.717, 1.165) is 12.1 Å². The minimum Gasteiger partial charge on any atom is -0.480 e. The molecule has 0 aromatic heterocycles. The van der Waals surface area contributed by atoms with Crippen LogP contribution >= 0.6 is 0 Å². The van der Waals surface area contributed by atoms with Crippen molar-refractivity contribution >= 4 is 5.97 Å². The number of ether oxygens (including phenoxy) is 1. The van der Waals surface area contributed by atoms with E-state index in [4.69, 9.17) is 9.84 Å². The third-order valence-electron chi connectivity index (χ3n) is 4.05. The largest absolute Gasteiger partial charge is 0.480 e. The molecule has 1 saturated heterocycles. The summed E-state index contributed by atoms with van der Waals surface area (Å²) in [5.74, 6) is -1.78. The first-order valence-electron chi connectivity index (χ1n) is 7.57. The van der Waals surface area contributed by atoms with Crippen LogP contribution in [0.25, 0.3) is 0 Å². The Morgan fingerprint density at radius 3 is 2.96 bits per heavy atom. The normalized spacial score (nSPS) is 20.7. The number of benzene rings is 1. The van der Waals surface area contributed by atoms with Crippen LogP contribution in [0.15, 0.2) is 18.2 Å². The summed E-state index contributed by atoms with van der Waals surface area (Å²) in [5, 5.41) is 8.79. The molecule has 0 spiro atoms. The molecule has 1 aliphatic rings. The highest BCUT2D eigenvalue weighted by Gasteiger charge is 2.27. The SMILES string of the molecule is CC(c1cc(F)ccc1F)N1CCOC(CN(C)CC(=O)O)C1. The predicted octanol–water partition coefficient (Wildman–Crippen LogP) is 1.74. The third kappa shape index (κ3) is 4.95. The van der Waals surface area contributed by atoms with Crippen molar-refractivity contribution in [2.45, 2.75) is 19.1 Å². The highest BCUT2D eigenvalue weighted by molar-refractivity contribution is 5.69. The first-order chi connectivity index (χ1) is 10.9. The Morgan fingerprint density at radius 2 is 2.26 bits per heavy atom. The summed E-state index contributed by atoms with van der Waals surface area (Å²) in [4.78, 5) is 14.4. The van der Waals surface area contributed by atoms with Gasteiger partial charge in [-0.3, -0.25) is 14.6 Å². The van der Waals surface area contributed by atoms with Crippen LogP contribution in [0, 0.1) is 11.6 Å². The average Bonchev–Trinajstić information content (AvgIpc) is 2.48. The number of aliphatic carboxylic acids is 1. The van der Waals surface area contributed by atoms with Crippen LogP contribution in [0.3, 0.4) is 0 Å². The quantitative estimate of drug-likeness (QED) is 0.862. The van der Waals surface area contributed by atoms with Gasteiger partial charge in [-0.05, 0) is 32.2 Å². The number of hydrogen-bond donors (Lipinski definition) is 1. The number of likely N-dealkylation sites (N-methyl/N-ethyl adjacent to an activating group) is 1. The summed E-state index contributed by atoms with van der Waals surface area (Å²) in [6.45, 7) is 3.89. The van der Waals surface area contributed by atoms with Crippen molar-refractivity contribution in [3.8, 4) is 0 Å². The summed E-state index contributed by atoms with van der Waals surface area (Å²) in [6.07, 6.45) is -0.160. The van der Waals surface area contributed by atoms with Crippen molar-refractivity contribution in [3.05, 3.63) is 35.4 Å². The van der Waals surface area contributed by atoms with Gasteiger partial charge in [0.25, 0.3) is 0 Å². The molecule has 0 aliphatic carbocycles. The lowest BCUT2D eigenvalue weighted by Gasteiger charge is -2.38. The monoisotopic (exact) mass is 328 g/mol. The number of carboxylic acid groups (broad SMARTS) is 1. The summed E-state index contributed by atoms with van der Waals surface area (Å²) in [7, 11) is 1.71. The fraction of sp³-hybridized carbons (Fsp3) is 0.562. The summed E-state index contributed by atoms with van der Waals surface area (Å²) >= 11 is 0. The van der Waals surface area contributed by atoms with Crippen LogP contribution in [0.5, 0.6) is 0 Å². The van der Waals surface area contributed by atoms with Gasteiger partial charge in [-0.15, -0.1) is 0 Å².